The second kappa shape index (κ2) is 5.64. The third-order valence-electron chi connectivity index (χ3n) is 2.85. The van der Waals surface area contributed by atoms with E-state index in [2.05, 4.69) is 29.8 Å². The van der Waals surface area contributed by atoms with Crippen molar-refractivity contribution in [2.24, 2.45) is 0 Å². The van der Waals surface area contributed by atoms with Gasteiger partial charge in [-0.1, -0.05) is 0 Å². The molecule has 2 aromatic rings. The van der Waals surface area contributed by atoms with E-state index in [9.17, 15) is 0 Å². The smallest absolute Gasteiger partial charge is 0.143 e. The molecule has 0 saturated heterocycles. The third kappa shape index (κ3) is 3.49. The van der Waals surface area contributed by atoms with Gasteiger partial charge < -0.3 is 9.30 Å². The van der Waals surface area contributed by atoms with E-state index in [0.29, 0.717) is 12.3 Å². The van der Waals surface area contributed by atoms with Gasteiger partial charge in [0.1, 0.15) is 12.4 Å². The van der Waals surface area contributed by atoms with Crippen LogP contribution in [0, 0.1) is 11.3 Å². The first-order chi connectivity index (χ1) is 9.01. The van der Waals surface area contributed by atoms with Crippen molar-refractivity contribution >= 4 is 21.1 Å². The number of rotatable bonds is 5. The Morgan fingerprint density at radius 3 is 2.84 bits per heavy atom. The van der Waals surface area contributed by atoms with Crippen LogP contribution in [0.4, 0.5) is 0 Å². The zero-order valence-corrected chi connectivity index (χ0v) is 12.4. The maximum Gasteiger partial charge on any atom is 0.143 e. The Kier molecular flexibility index (Phi) is 4.13. The quantitative estimate of drug-likeness (QED) is 0.789. The molecular formula is C14H19N3OS. The minimum Gasteiger partial charge on any atom is -0.360 e. The highest BCUT2D eigenvalue weighted by Crippen LogP contribution is 2.33. The van der Waals surface area contributed by atoms with Crippen molar-refractivity contribution in [1.29, 1.82) is 5.26 Å². The second-order valence-electron chi connectivity index (χ2n) is 5.33. The summed E-state index contributed by atoms with van der Waals surface area (Å²) in [7, 11) is -0.511. The molecule has 0 fully saturated rings. The maximum absolute atomic E-state index is 9.03. The first-order valence-corrected chi connectivity index (χ1v) is 9.12. The number of aromatic nitrogens is 2. The van der Waals surface area contributed by atoms with Gasteiger partial charge in [0.25, 0.3) is 0 Å². The standard InChI is InChI=1S/C14H19N3OS/c1-19(2,3)9-8-18-11-17-7-5-13-12(10-15)4-6-16-14(13)17/h4-7H,8-9,11H2,1-3H3. The number of nitrogens with zero attached hydrogens (tertiary/aromatic N) is 3. The lowest BCUT2D eigenvalue weighted by Crippen LogP contribution is -2.09. The predicted octanol–water partition coefficient (Wildman–Crippen LogP) is 2.58. The Morgan fingerprint density at radius 2 is 2.16 bits per heavy atom. The molecule has 0 bridgehead atoms. The van der Waals surface area contributed by atoms with E-state index in [1.54, 1.807) is 12.3 Å². The maximum atomic E-state index is 9.03. The molecule has 2 heterocycles. The van der Waals surface area contributed by atoms with Crippen molar-refractivity contribution in [1.82, 2.24) is 9.55 Å². The summed E-state index contributed by atoms with van der Waals surface area (Å²) < 4.78 is 7.64. The van der Waals surface area contributed by atoms with E-state index in [1.165, 1.54) is 0 Å². The Hall–Kier alpha value is -1.51. The highest BCUT2D eigenvalue weighted by Gasteiger charge is 2.07. The third-order valence-corrected chi connectivity index (χ3v) is 4.24. The van der Waals surface area contributed by atoms with Gasteiger partial charge in [-0.3, -0.25) is 0 Å². The van der Waals surface area contributed by atoms with Gasteiger partial charge >= 0.3 is 0 Å². The minimum atomic E-state index is -0.511. The first kappa shape index (κ1) is 13.9. The zero-order valence-electron chi connectivity index (χ0n) is 11.6. The van der Waals surface area contributed by atoms with Gasteiger partial charge in [-0.05, 0) is 30.9 Å². The molecule has 0 saturated carbocycles. The Morgan fingerprint density at radius 1 is 1.37 bits per heavy atom. The van der Waals surface area contributed by atoms with Crippen LogP contribution >= 0.6 is 10.0 Å². The average Bonchev–Trinajstić information content (AvgIpc) is 2.76. The Labute approximate surface area is 115 Å². The van der Waals surface area contributed by atoms with E-state index in [-0.39, 0.29) is 0 Å². The molecule has 2 rings (SSSR count). The summed E-state index contributed by atoms with van der Waals surface area (Å²) in [5, 5.41) is 9.92. The summed E-state index contributed by atoms with van der Waals surface area (Å²) in [6.45, 7) is 1.25. The number of hydrogen-bond donors (Lipinski definition) is 0. The second-order valence-corrected chi connectivity index (χ2v) is 9.92. The van der Waals surface area contributed by atoms with Crippen LogP contribution in [0.2, 0.25) is 0 Å². The molecular weight excluding hydrogens is 258 g/mol. The fraction of sp³-hybridized carbons (Fsp3) is 0.429. The van der Waals surface area contributed by atoms with Crippen LogP contribution in [0.5, 0.6) is 0 Å². The monoisotopic (exact) mass is 277 g/mol. The van der Waals surface area contributed by atoms with Crippen LogP contribution < -0.4 is 0 Å². The molecule has 2 aromatic heterocycles. The molecule has 102 valence electrons. The largest absolute Gasteiger partial charge is 0.360 e. The lowest BCUT2D eigenvalue weighted by molar-refractivity contribution is 0.0924. The molecule has 0 aliphatic rings. The lowest BCUT2D eigenvalue weighted by Gasteiger charge is -2.24. The molecule has 0 N–H and O–H groups in total. The molecule has 19 heavy (non-hydrogen) atoms. The van der Waals surface area contributed by atoms with Crippen LogP contribution in [0.25, 0.3) is 11.0 Å². The van der Waals surface area contributed by atoms with Gasteiger partial charge in [0, 0.05) is 23.5 Å². The van der Waals surface area contributed by atoms with Crippen molar-refractivity contribution in [3.05, 3.63) is 30.1 Å². The summed E-state index contributed by atoms with van der Waals surface area (Å²) in [5.41, 5.74) is 1.46. The molecule has 0 aliphatic carbocycles. The SMILES string of the molecule is CS(C)(C)CCOCn1ccc2c(C#N)ccnc21. The first-order valence-electron chi connectivity index (χ1n) is 6.09. The lowest BCUT2D eigenvalue weighted by atomic mass is 10.2. The predicted molar refractivity (Wildman–Crippen MR) is 80.6 cm³/mol. The number of fused-ring (bicyclic) bond motifs is 1. The summed E-state index contributed by atoms with van der Waals surface area (Å²) in [6, 6.07) is 5.83. The van der Waals surface area contributed by atoms with Crippen molar-refractivity contribution in [3.8, 4) is 6.07 Å². The van der Waals surface area contributed by atoms with Crippen molar-refractivity contribution in [2.75, 3.05) is 31.1 Å². The van der Waals surface area contributed by atoms with Gasteiger partial charge in [0.2, 0.25) is 0 Å². The van der Waals surface area contributed by atoms with E-state index >= 15 is 0 Å². The highest BCUT2D eigenvalue weighted by atomic mass is 32.3. The molecule has 0 amide bonds. The van der Waals surface area contributed by atoms with Gasteiger partial charge in [-0.2, -0.15) is 5.26 Å². The van der Waals surface area contributed by atoms with Crippen molar-refractivity contribution < 1.29 is 4.74 Å². The zero-order chi connectivity index (χ0) is 13.9. The highest BCUT2D eigenvalue weighted by molar-refractivity contribution is 8.32. The number of hydrogen-bond acceptors (Lipinski definition) is 3. The fourth-order valence-corrected chi connectivity index (χ4v) is 2.38. The molecule has 0 aromatic carbocycles. The van der Waals surface area contributed by atoms with E-state index in [0.717, 1.165) is 23.4 Å². The molecule has 0 unspecified atom stereocenters. The van der Waals surface area contributed by atoms with Crippen LogP contribution in [-0.4, -0.2) is 40.7 Å². The number of ether oxygens (including phenoxy) is 1. The van der Waals surface area contributed by atoms with E-state index in [4.69, 9.17) is 10.00 Å². The van der Waals surface area contributed by atoms with Crippen LogP contribution in [0.15, 0.2) is 24.5 Å². The molecule has 0 atom stereocenters. The number of pyridine rings is 1. The van der Waals surface area contributed by atoms with Crippen molar-refractivity contribution in [3.63, 3.8) is 0 Å². The topological polar surface area (TPSA) is 50.8 Å². The Bertz CT molecular complexity index is 607. The van der Waals surface area contributed by atoms with E-state index < -0.39 is 10.0 Å². The molecule has 0 radical (unpaired) electrons. The van der Waals surface area contributed by atoms with Crippen LogP contribution in [-0.2, 0) is 11.5 Å². The summed E-state index contributed by atoms with van der Waals surface area (Å²) in [5.74, 6) is 1.10. The number of nitriles is 1. The Balaban J connectivity index is 2.04. The summed E-state index contributed by atoms with van der Waals surface area (Å²) in [4.78, 5) is 4.31. The summed E-state index contributed by atoms with van der Waals surface area (Å²) in [6.07, 6.45) is 10.4. The van der Waals surface area contributed by atoms with Gasteiger partial charge in [-0.15, -0.1) is 0 Å². The van der Waals surface area contributed by atoms with Gasteiger partial charge in [0.05, 0.1) is 18.2 Å². The molecule has 0 aliphatic heterocycles. The van der Waals surface area contributed by atoms with Gasteiger partial charge in [0.15, 0.2) is 0 Å². The molecule has 5 heteroatoms. The summed E-state index contributed by atoms with van der Waals surface area (Å²) >= 11 is 0. The fourth-order valence-electron chi connectivity index (χ4n) is 1.76. The average molecular weight is 277 g/mol. The van der Waals surface area contributed by atoms with E-state index in [1.807, 2.05) is 16.8 Å². The van der Waals surface area contributed by atoms with Gasteiger partial charge in [-0.25, -0.2) is 15.0 Å². The van der Waals surface area contributed by atoms with Crippen molar-refractivity contribution in [2.45, 2.75) is 6.73 Å². The molecule has 0 spiro atoms. The van der Waals surface area contributed by atoms with Crippen LogP contribution in [0.1, 0.15) is 5.56 Å². The normalized spacial score (nSPS) is 12.5. The van der Waals surface area contributed by atoms with Crippen LogP contribution in [0.3, 0.4) is 0 Å². The molecule has 4 nitrogen and oxygen atoms in total. The minimum absolute atomic E-state index is 0.487.